The van der Waals surface area contributed by atoms with Crippen molar-refractivity contribution >= 4 is 0 Å². The molecular weight excluding hydrogens is 236 g/mol. The zero-order valence-electron chi connectivity index (χ0n) is 11.6. The van der Waals surface area contributed by atoms with Crippen LogP contribution in [0.1, 0.15) is 30.7 Å². The fourth-order valence-corrected chi connectivity index (χ4v) is 3.39. The molecule has 4 nitrogen and oxygen atoms in total. The summed E-state index contributed by atoms with van der Waals surface area (Å²) in [5.41, 5.74) is 7.82. The number of hydrogen-bond acceptors (Lipinski definition) is 4. The van der Waals surface area contributed by atoms with E-state index in [1.807, 2.05) is 6.07 Å². The van der Waals surface area contributed by atoms with E-state index in [-0.39, 0.29) is 0 Å². The van der Waals surface area contributed by atoms with E-state index in [1.54, 1.807) is 0 Å². The highest BCUT2D eigenvalue weighted by atomic mass is 15.3. The molecule has 2 aliphatic heterocycles. The van der Waals surface area contributed by atoms with E-state index in [4.69, 9.17) is 5.73 Å². The Bertz CT molecular complexity index is 420. The maximum Gasteiger partial charge on any atom is 0.0547 e. The largest absolute Gasteiger partial charge is 0.325 e. The summed E-state index contributed by atoms with van der Waals surface area (Å²) in [5.74, 6) is 0. The molecule has 4 heteroatoms. The summed E-state index contributed by atoms with van der Waals surface area (Å²) < 4.78 is 0. The highest BCUT2D eigenvalue weighted by Crippen LogP contribution is 2.22. The van der Waals surface area contributed by atoms with E-state index in [9.17, 15) is 0 Å². The van der Waals surface area contributed by atoms with Crippen LogP contribution in [0.3, 0.4) is 0 Å². The third kappa shape index (κ3) is 3.14. The van der Waals surface area contributed by atoms with Gasteiger partial charge in [0.2, 0.25) is 0 Å². The minimum atomic E-state index is 0.532. The average molecular weight is 260 g/mol. The first-order valence-electron chi connectivity index (χ1n) is 7.46. The molecule has 1 atom stereocenters. The molecule has 2 fully saturated rings. The van der Waals surface area contributed by atoms with E-state index in [2.05, 4.69) is 26.9 Å². The number of fused-ring (bicyclic) bond motifs is 1. The first kappa shape index (κ1) is 13.0. The van der Waals surface area contributed by atoms with Gasteiger partial charge in [-0.15, -0.1) is 0 Å². The molecule has 0 bridgehead atoms. The van der Waals surface area contributed by atoms with Crippen LogP contribution in [0.4, 0.5) is 0 Å². The molecule has 0 spiro atoms. The monoisotopic (exact) mass is 260 g/mol. The summed E-state index contributed by atoms with van der Waals surface area (Å²) in [4.78, 5) is 9.86. The Morgan fingerprint density at radius 3 is 2.89 bits per heavy atom. The van der Waals surface area contributed by atoms with E-state index in [0.717, 1.165) is 24.0 Å². The molecule has 3 heterocycles. The highest BCUT2D eigenvalue weighted by Gasteiger charge is 2.28. The van der Waals surface area contributed by atoms with Crippen LogP contribution in [0.2, 0.25) is 0 Å². The van der Waals surface area contributed by atoms with Crippen LogP contribution in [-0.4, -0.2) is 47.0 Å². The molecule has 0 amide bonds. The molecule has 3 rings (SSSR count). The molecule has 0 radical (unpaired) electrons. The van der Waals surface area contributed by atoms with Gasteiger partial charge in [0.05, 0.1) is 11.4 Å². The Kier molecular flexibility index (Phi) is 4.11. The van der Waals surface area contributed by atoms with Gasteiger partial charge in [0.1, 0.15) is 0 Å². The van der Waals surface area contributed by atoms with Gasteiger partial charge >= 0.3 is 0 Å². The lowest BCUT2D eigenvalue weighted by Gasteiger charge is -2.25. The van der Waals surface area contributed by atoms with Crippen molar-refractivity contribution in [2.24, 2.45) is 5.73 Å². The number of aromatic nitrogens is 1. The van der Waals surface area contributed by atoms with E-state index in [1.165, 1.54) is 45.4 Å². The second-order valence-corrected chi connectivity index (χ2v) is 5.75. The van der Waals surface area contributed by atoms with Gasteiger partial charge in [0.25, 0.3) is 0 Å². The summed E-state index contributed by atoms with van der Waals surface area (Å²) in [6.07, 6.45) is 4.03. The van der Waals surface area contributed by atoms with Crippen molar-refractivity contribution in [3.05, 3.63) is 29.6 Å². The normalized spacial score (nSPS) is 25.2. The molecule has 0 saturated carbocycles. The molecule has 0 aromatic carbocycles. The quantitative estimate of drug-likeness (QED) is 0.887. The molecular formula is C15H24N4. The Labute approximate surface area is 115 Å². The van der Waals surface area contributed by atoms with Gasteiger partial charge in [-0.05, 0) is 51.0 Å². The van der Waals surface area contributed by atoms with Gasteiger partial charge in [0.15, 0.2) is 0 Å². The van der Waals surface area contributed by atoms with Gasteiger partial charge in [0, 0.05) is 25.7 Å². The second-order valence-electron chi connectivity index (χ2n) is 5.75. The summed E-state index contributed by atoms with van der Waals surface area (Å²) in [6.45, 7) is 6.48. The smallest absolute Gasteiger partial charge is 0.0547 e. The number of rotatable bonds is 3. The Balaban J connectivity index is 1.65. The van der Waals surface area contributed by atoms with Crippen molar-refractivity contribution in [3.63, 3.8) is 0 Å². The fourth-order valence-electron chi connectivity index (χ4n) is 3.39. The minimum Gasteiger partial charge on any atom is -0.325 e. The molecule has 1 unspecified atom stereocenters. The van der Waals surface area contributed by atoms with Crippen molar-refractivity contribution in [1.29, 1.82) is 0 Å². The van der Waals surface area contributed by atoms with Crippen molar-refractivity contribution in [2.75, 3.05) is 26.2 Å². The summed E-state index contributed by atoms with van der Waals surface area (Å²) in [6, 6.07) is 6.98. The standard InChI is InChI=1S/C15H24N4/c16-10-13-4-1-5-14(17-13)11-18-7-3-9-19-8-2-6-15(19)12-18/h1,4-5,15H,2-3,6-12,16H2. The number of nitrogens with zero attached hydrogens (tertiary/aromatic N) is 3. The molecule has 1 aromatic rings. The zero-order chi connectivity index (χ0) is 13.1. The summed E-state index contributed by atoms with van der Waals surface area (Å²) >= 11 is 0. The summed E-state index contributed by atoms with van der Waals surface area (Å²) in [5, 5.41) is 0. The third-order valence-corrected chi connectivity index (χ3v) is 4.35. The molecule has 2 aliphatic rings. The van der Waals surface area contributed by atoms with Crippen LogP contribution < -0.4 is 5.73 Å². The summed E-state index contributed by atoms with van der Waals surface area (Å²) in [7, 11) is 0. The van der Waals surface area contributed by atoms with Crippen molar-refractivity contribution in [2.45, 2.75) is 38.4 Å². The molecule has 2 N–H and O–H groups in total. The first-order chi connectivity index (χ1) is 9.35. The SMILES string of the molecule is NCc1cccc(CN2CCCN3CCCC3C2)n1. The van der Waals surface area contributed by atoms with Crippen molar-refractivity contribution in [1.82, 2.24) is 14.8 Å². The van der Waals surface area contributed by atoms with Crippen molar-refractivity contribution < 1.29 is 0 Å². The van der Waals surface area contributed by atoms with E-state index < -0.39 is 0 Å². The predicted octanol–water partition coefficient (Wildman–Crippen LogP) is 1.21. The lowest BCUT2D eigenvalue weighted by Crippen LogP contribution is -2.36. The van der Waals surface area contributed by atoms with Crippen LogP contribution in [0.5, 0.6) is 0 Å². The average Bonchev–Trinajstić information content (AvgIpc) is 2.78. The van der Waals surface area contributed by atoms with Crippen LogP contribution in [0.25, 0.3) is 0 Å². The second kappa shape index (κ2) is 5.99. The Hall–Kier alpha value is -0.970. The number of nitrogens with two attached hydrogens (primary N) is 1. The maximum absolute atomic E-state index is 5.66. The molecule has 19 heavy (non-hydrogen) atoms. The van der Waals surface area contributed by atoms with Crippen molar-refractivity contribution in [3.8, 4) is 0 Å². The Morgan fingerprint density at radius 2 is 2.00 bits per heavy atom. The van der Waals surface area contributed by atoms with Crippen LogP contribution in [-0.2, 0) is 13.1 Å². The van der Waals surface area contributed by atoms with Gasteiger partial charge in [-0.25, -0.2) is 0 Å². The number of hydrogen-bond donors (Lipinski definition) is 1. The zero-order valence-corrected chi connectivity index (χ0v) is 11.6. The fraction of sp³-hybridized carbons (Fsp3) is 0.667. The first-order valence-corrected chi connectivity index (χ1v) is 7.46. The number of pyridine rings is 1. The molecule has 2 saturated heterocycles. The van der Waals surface area contributed by atoms with E-state index >= 15 is 0 Å². The molecule has 0 aliphatic carbocycles. The van der Waals surface area contributed by atoms with Gasteiger partial charge < -0.3 is 5.73 Å². The van der Waals surface area contributed by atoms with E-state index in [0.29, 0.717) is 6.54 Å². The van der Waals surface area contributed by atoms with Crippen LogP contribution in [0, 0.1) is 0 Å². The Morgan fingerprint density at radius 1 is 1.16 bits per heavy atom. The lowest BCUT2D eigenvalue weighted by atomic mass is 10.2. The van der Waals surface area contributed by atoms with Crippen LogP contribution in [0.15, 0.2) is 18.2 Å². The lowest BCUT2D eigenvalue weighted by molar-refractivity contribution is 0.214. The van der Waals surface area contributed by atoms with Crippen LogP contribution >= 0.6 is 0 Å². The minimum absolute atomic E-state index is 0.532. The molecule has 104 valence electrons. The van der Waals surface area contributed by atoms with Gasteiger partial charge in [-0.3, -0.25) is 14.8 Å². The highest BCUT2D eigenvalue weighted by molar-refractivity contribution is 5.11. The van der Waals surface area contributed by atoms with Gasteiger partial charge in [-0.2, -0.15) is 0 Å². The predicted molar refractivity (Wildman–Crippen MR) is 76.6 cm³/mol. The maximum atomic E-state index is 5.66. The topological polar surface area (TPSA) is 45.4 Å². The molecule has 1 aromatic heterocycles. The third-order valence-electron chi connectivity index (χ3n) is 4.35. The van der Waals surface area contributed by atoms with Gasteiger partial charge in [-0.1, -0.05) is 6.07 Å².